The van der Waals surface area contributed by atoms with Crippen LogP contribution >= 0.6 is 0 Å². The van der Waals surface area contributed by atoms with Crippen molar-refractivity contribution in [2.24, 2.45) is 0 Å². The molecule has 4 aromatic carbocycles. The SMILES string of the molecule is CC1(C)Cc2cccc3c(-c4ccccc4)c4c(c1c23)C(O)c1ccccc1-4. The van der Waals surface area contributed by atoms with E-state index < -0.39 is 6.10 Å². The fourth-order valence-electron chi connectivity index (χ4n) is 5.62. The summed E-state index contributed by atoms with van der Waals surface area (Å²) in [5.74, 6) is 0. The highest BCUT2D eigenvalue weighted by molar-refractivity contribution is 6.11. The number of hydrogen-bond donors (Lipinski definition) is 1. The molecule has 1 N–H and O–H groups in total. The summed E-state index contributed by atoms with van der Waals surface area (Å²) in [5.41, 5.74) is 9.81. The van der Waals surface area contributed by atoms with Crippen LogP contribution in [0.25, 0.3) is 33.0 Å². The third-order valence-electron chi connectivity index (χ3n) is 6.63. The van der Waals surface area contributed by atoms with E-state index in [1.165, 1.54) is 44.2 Å². The van der Waals surface area contributed by atoms with Gasteiger partial charge in [0.1, 0.15) is 6.10 Å². The molecule has 0 aromatic heterocycles. The van der Waals surface area contributed by atoms with Crippen LogP contribution in [-0.2, 0) is 11.8 Å². The molecule has 0 spiro atoms. The molecule has 28 heavy (non-hydrogen) atoms. The first-order valence-corrected chi connectivity index (χ1v) is 10.0. The molecule has 0 amide bonds. The molecule has 4 aromatic rings. The van der Waals surface area contributed by atoms with Crippen LogP contribution in [0.2, 0.25) is 0 Å². The van der Waals surface area contributed by atoms with Crippen molar-refractivity contribution in [3.05, 3.63) is 95.1 Å². The minimum absolute atomic E-state index is 0.0181. The second-order valence-electron chi connectivity index (χ2n) is 8.79. The van der Waals surface area contributed by atoms with E-state index in [2.05, 4.69) is 80.6 Å². The van der Waals surface area contributed by atoms with Gasteiger partial charge in [-0.2, -0.15) is 0 Å². The Hall–Kier alpha value is -2.90. The average Bonchev–Trinajstić information content (AvgIpc) is 3.15. The van der Waals surface area contributed by atoms with Gasteiger partial charge in [-0.3, -0.25) is 0 Å². The van der Waals surface area contributed by atoms with E-state index in [4.69, 9.17) is 0 Å². The van der Waals surface area contributed by atoms with Crippen LogP contribution in [0, 0.1) is 0 Å². The summed E-state index contributed by atoms with van der Waals surface area (Å²) in [5, 5.41) is 14.1. The van der Waals surface area contributed by atoms with Gasteiger partial charge in [0, 0.05) is 0 Å². The lowest BCUT2D eigenvalue weighted by molar-refractivity contribution is 0.222. The molecule has 1 atom stereocenters. The standard InChI is InChI=1S/C27H22O/c1-27(2)15-17-11-8-14-20-21(16-9-4-3-5-10-16)23-18-12-6-7-13-19(18)26(28)24(23)25(27)22(17)20/h3-14,26,28H,15H2,1-2H3. The average molecular weight is 362 g/mol. The zero-order chi connectivity index (χ0) is 19.0. The van der Waals surface area contributed by atoms with Gasteiger partial charge in [-0.05, 0) is 67.1 Å². The number of fused-ring (bicyclic) bond motifs is 4. The monoisotopic (exact) mass is 362 g/mol. The van der Waals surface area contributed by atoms with Gasteiger partial charge >= 0.3 is 0 Å². The van der Waals surface area contributed by atoms with E-state index in [1.54, 1.807) is 0 Å². The van der Waals surface area contributed by atoms with Crippen molar-refractivity contribution in [2.75, 3.05) is 0 Å². The Balaban J connectivity index is 1.89. The smallest absolute Gasteiger partial charge is 0.106 e. The fraction of sp³-hybridized carbons (Fsp3) is 0.185. The first-order chi connectivity index (χ1) is 13.6. The number of rotatable bonds is 1. The fourth-order valence-corrected chi connectivity index (χ4v) is 5.62. The summed E-state index contributed by atoms with van der Waals surface area (Å²) in [6, 6.07) is 25.7. The molecule has 6 rings (SSSR count). The van der Waals surface area contributed by atoms with Gasteiger partial charge in [-0.25, -0.2) is 0 Å². The van der Waals surface area contributed by atoms with Crippen molar-refractivity contribution in [1.82, 2.24) is 0 Å². The Morgan fingerprint density at radius 3 is 2.39 bits per heavy atom. The van der Waals surface area contributed by atoms with E-state index >= 15 is 0 Å². The predicted octanol–water partition coefficient (Wildman–Crippen LogP) is 6.40. The highest BCUT2D eigenvalue weighted by Gasteiger charge is 2.41. The van der Waals surface area contributed by atoms with Crippen LogP contribution in [0.5, 0.6) is 0 Å². The van der Waals surface area contributed by atoms with Crippen LogP contribution in [0.4, 0.5) is 0 Å². The lowest BCUT2D eigenvalue weighted by atomic mass is 9.78. The maximum atomic E-state index is 11.4. The van der Waals surface area contributed by atoms with Crippen LogP contribution in [0.15, 0.2) is 72.8 Å². The largest absolute Gasteiger partial charge is 0.384 e. The highest BCUT2D eigenvalue weighted by Crippen LogP contribution is 2.57. The Labute approximate surface area is 165 Å². The second kappa shape index (κ2) is 5.33. The third kappa shape index (κ3) is 1.90. The Kier molecular flexibility index (Phi) is 3.07. The van der Waals surface area contributed by atoms with E-state index in [0.717, 1.165) is 17.5 Å². The summed E-state index contributed by atoms with van der Waals surface area (Å²) in [6.07, 6.45) is 0.464. The summed E-state index contributed by atoms with van der Waals surface area (Å²) in [4.78, 5) is 0. The maximum Gasteiger partial charge on any atom is 0.106 e. The van der Waals surface area contributed by atoms with Gasteiger partial charge in [0.2, 0.25) is 0 Å². The minimum atomic E-state index is -0.557. The van der Waals surface area contributed by atoms with Gasteiger partial charge in [0.25, 0.3) is 0 Å². The van der Waals surface area contributed by atoms with Gasteiger partial charge in [-0.15, -0.1) is 0 Å². The van der Waals surface area contributed by atoms with E-state index in [-0.39, 0.29) is 5.41 Å². The molecule has 0 saturated heterocycles. The van der Waals surface area contributed by atoms with E-state index in [0.29, 0.717) is 0 Å². The number of aliphatic hydroxyl groups excluding tert-OH is 1. The molecular weight excluding hydrogens is 340 g/mol. The van der Waals surface area contributed by atoms with Crippen molar-refractivity contribution < 1.29 is 5.11 Å². The normalized spacial score (nSPS) is 18.3. The molecule has 0 fully saturated rings. The number of hydrogen-bond acceptors (Lipinski definition) is 1. The molecule has 0 aliphatic heterocycles. The second-order valence-corrected chi connectivity index (χ2v) is 8.79. The Morgan fingerprint density at radius 1 is 0.821 bits per heavy atom. The van der Waals surface area contributed by atoms with Crippen molar-refractivity contribution in [2.45, 2.75) is 31.8 Å². The van der Waals surface area contributed by atoms with Gasteiger partial charge in [-0.1, -0.05) is 86.6 Å². The summed E-state index contributed by atoms with van der Waals surface area (Å²) >= 11 is 0. The molecule has 2 aliphatic carbocycles. The lowest BCUT2D eigenvalue weighted by Crippen LogP contribution is -2.18. The van der Waals surface area contributed by atoms with E-state index in [1.807, 2.05) is 6.07 Å². The van der Waals surface area contributed by atoms with Crippen molar-refractivity contribution in [3.63, 3.8) is 0 Å². The minimum Gasteiger partial charge on any atom is -0.384 e. The molecule has 0 radical (unpaired) electrons. The van der Waals surface area contributed by atoms with Crippen molar-refractivity contribution in [3.8, 4) is 22.3 Å². The van der Waals surface area contributed by atoms with E-state index in [9.17, 15) is 5.11 Å². The zero-order valence-electron chi connectivity index (χ0n) is 16.2. The van der Waals surface area contributed by atoms with Crippen molar-refractivity contribution in [1.29, 1.82) is 0 Å². The molecule has 0 bridgehead atoms. The summed E-state index contributed by atoms with van der Waals surface area (Å²) in [7, 11) is 0. The van der Waals surface area contributed by atoms with Crippen LogP contribution in [0.1, 0.15) is 42.2 Å². The lowest BCUT2D eigenvalue weighted by Gasteiger charge is -2.26. The highest BCUT2D eigenvalue weighted by atomic mass is 16.3. The molecule has 1 heteroatoms. The number of aliphatic hydroxyl groups is 1. The molecule has 0 saturated carbocycles. The predicted molar refractivity (Wildman–Crippen MR) is 116 cm³/mol. The zero-order valence-corrected chi connectivity index (χ0v) is 16.2. The van der Waals surface area contributed by atoms with Crippen molar-refractivity contribution >= 4 is 10.8 Å². The summed E-state index contributed by atoms with van der Waals surface area (Å²) < 4.78 is 0. The maximum absolute atomic E-state index is 11.4. The van der Waals surface area contributed by atoms with Crippen LogP contribution in [0.3, 0.4) is 0 Å². The van der Waals surface area contributed by atoms with Gasteiger partial charge < -0.3 is 5.11 Å². The molecule has 1 nitrogen and oxygen atoms in total. The number of benzene rings is 4. The first kappa shape index (κ1) is 16.1. The molecule has 136 valence electrons. The van der Waals surface area contributed by atoms with Gasteiger partial charge in [0.05, 0.1) is 0 Å². The Morgan fingerprint density at radius 2 is 1.57 bits per heavy atom. The molecule has 0 heterocycles. The third-order valence-corrected chi connectivity index (χ3v) is 6.63. The molecule has 2 aliphatic rings. The molecule has 1 unspecified atom stereocenters. The first-order valence-electron chi connectivity index (χ1n) is 10.0. The molecular formula is C27H22O. The Bertz CT molecular complexity index is 1260. The summed E-state index contributed by atoms with van der Waals surface area (Å²) in [6.45, 7) is 4.64. The topological polar surface area (TPSA) is 20.2 Å². The quantitative estimate of drug-likeness (QED) is 0.415. The van der Waals surface area contributed by atoms with Crippen LogP contribution < -0.4 is 0 Å². The van der Waals surface area contributed by atoms with Gasteiger partial charge in [0.15, 0.2) is 0 Å². The van der Waals surface area contributed by atoms with Crippen LogP contribution in [-0.4, -0.2) is 5.11 Å².